The normalized spacial score (nSPS) is 14.9. The molecule has 102 valence electrons. The molecular formula is C13H21NO4. The average molecular weight is 255 g/mol. The Morgan fingerprint density at radius 3 is 2.78 bits per heavy atom. The summed E-state index contributed by atoms with van der Waals surface area (Å²) < 4.78 is 10.2. The molecular weight excluding hydrogens is 234 g/mol. The van der Waals surface area contributed by atoms with E-state index in [1.807, 2.05) is 4.90 Å². The van der Waals surface area contributed by atoms with Crippen molar-refractivity contribution in [2.75, 3.05) is 32.9 Å². The van der Waals surface area contributed by atoms with Gasteiger partial charge in [0.05, 0.1) is 6.61 Å². The van der Waals surface area contributed by atoms with E-state index in [1.54, 1.807) is 6.92 Å². The van der Waals surface area contributed by atoms with Gasteiger partial charge in [0.25, 0.3) is 0 Å². The summed E-state index contributed by atoms with van der Waals surface area (Å²) in [5.74, 6) is -0.147. The molecule has 1 amide bonds. The summed E-state index contributed by atoms with van der Waals surface area (Å²) in [6.45, 7) is 7.92. The van der Waals surface area contributed by atoms with E-state index in [-0.39, 0.29) is 18.5 Å². The predicted octanol–water partition coefficient (Wildman–Crippen LogP) is 1.13. The third-order valence-corrected chi connectivity index (χ3v) is 2.70. The number of esters is 1. The van der Waals surface area contributed by atoms with Gasteiger partial charge in [0.2, 0.25) is 5.91 Å². The average Bonchev–Trinajstić information content (AvgIpc) is 2.73. The molecule has 0 aromatic carbocycles. The minimum absolute atomic E-state index is 0.241. The Morgan fingerprint density at radius 1 is 1.39 bits per heavy atom. The number of amides is 1. The monoisotopic (exact) mass is 255 g/mol. The Labute approximate surface area is 108 Å². The lowest BCUT2D eigenvalue weighted by Crippen LogP contribution is -2.26. The number of likely N-dealkylation sites (tertiary alicyclic amines) is 1. The fourth-order valence-corrected chi connectivity index (χ4v) is 1.72. The van der Waals surface area contributed by atoms with Crippen LogP contribution in [0.3, 0.4) is 0 Å². The lowest BCUT2D eigenvalue weighted by atomic mass is 10.4. The molecule has 1 rings (SSSR count). The molecule has 18 heavy (non-hydrogen) atoms. The van der Waals surface area contributed by atoms with Crippen LogP contribution in [0.5, 0.6) is 0 Å². The minimum Gasteiger partial charge on any atom is -0.460 e. The number of rotatable bonds is 8. The molecule has 1 aliphatic heterocycles. The maximum Gasteiger partial charge on any atom is 0.333 e. The molecule has 0 atom stereocenters. The SMILES string of the molecule is C=C(C)C(=O)OCCOCCCN1CCCC1=O. The zero-order valence-corrected chi connectivity index (χ0v) is 10.9. The Bertz CT molecular complexity index is 314. The first-order valence-electron chi connectivity index (χ1n) is 6.29. The van der Waals surface area contributed by atoms with Crippen LogP contribution >= 0.6 is 0 Å². The molecule has 1 heterocycles. The van der Waals surface area contributed by atoms with Crippen molar-refractivity contribution in [3.05, 3.63) is 12.2 Å². The van der Waals surface area contributed by atoms with Crippen LogP contribution in [0.2, 0.25) is 0 Å². The lowest BCUT2D eigenvalue weighted by Gasteiger charge is -2.14. The molecule has 5 heteroatoms. The van der Waals surface area contributed by atoms with Crippen molar-refractivity contribution in [3.8, 4) is 0 Å². The van der Waals surface area contributed by atoms with Crippen LogP contribution in [0.25, 0.3) is 0 Å². The highest BCUT2D eigenvalue weighted by Gasteiger charge is 2.18. The largest absolute Gasteiger partial charge is 0.460 e. The zero-order valence-electron chi connectivity index (χ0n) is 10.9. The van der Waals surface area contributed by atoms with Crippen LogP contribution < -0.4 is 0 Å². The summed E-state index contributed by atoms with van der Waals surface area (Å²) in [4.78, 5) is 24.2. The van der Waals surface area contributed by atoms with Gasteiger partial charge in [0, 0.05) is 31.7 Å². The van der Waals surface area contributed by atoms with Crippen LogP contribution in [0.4, 0.5) is 0 Å². The first kappa shape index (κ1) is 14.7. The molecule has 0 spiro atoms. The summed E-state index contributed by atoms with van der Waals surface area (Å²) >= 11 is 0. The van der Waals surface area contributed by atoms with Crippen molar-refractivity contribution in [3.63, 3.8) is 0 Å². The van der Waals surface area contributed by atoms with Gasteiger partial charge < -0.3 is 14.4 Å². The topological polar surface area (TPSA) is 55.8 Å². The molecule has 0 unspecified atom stereocenters. The predicted molar refractivity (Wildman–Crippen MR) is 67.0 cm³/mol. The van der Waals surface area contributed by atoms with E-state index in [9.17, 15) is 9.59 Å². The van der Waals surface area contributed by atoms with Gasteiger partial charge in [-0.25, -0.2) is 4.79 Å². The number of ether oxygens (including phenoxy) is 2. The quantitative estimate of drug-likeness (QED) is 0.371. The smallest absolute Gasteiger partial charge is 0.333 e. The van der Waals surface area contributed by atoms with Crippen LogP contribution in [0, 0.1) is 0 Å². The van der Waals surface area contributed by atoms with Gasteiger partial charge in [-0.05, 0) is 19.8 Å². The summed E-state index contributed by atoms with van der Waals surface area (Å²) in [7, 11) is 0. The fraction of sp³-hybridized carbons (Fsp3) is 0.692. The number of hydrogen-bond acceptors (Lipinski definition) is 4. The third-order valence-electron chi connectivity index (χ3n) is 2.70. The van der Waals surface area contributed by atoms with Gasteiger partial charge in [0.15, 0.2) is 0 Å². The number of nitrogens with zero attached hydrogens (tertiary/aromatic N) is 1. The van der Waals surface area contributed by atoms with Gasteiger partial charge in [-0.2, -0.15) is 0 Å². The van der Waals surface area contributed by atoms with E-state index in [2.05, 4.69) is 6.58 Å². The lowest BCUT2D eigenvalue weighted by molar-refractivity contribution is -0.140. The third kappa shape index (κ3) is 5.31. The summed E-state index contributed by atoms with van der Waals surface area (Å²) in [6, 6.07) is 0. The van der Waals surface area contributed by atoms with Crippen LogP contribution in [-0.2, 0) is 19.1 Å². The molecule has 0 saturated carbocycles. The van der Waals surface area contributed by atoms with Gasteiger partial charge in [-0.1, -0.05) is 6.58 Å². The van der Waals surface area contributed by atoms with E-state index in [1.165, 1.54) is 0 Å². The summed E-state index contributed by atoms with van der Waals surface area (Å²) in [6.07, 6.45) is 2.47. The van der Waals surface area contributed by atoms with Crippen LogP contribution in [-0.4, -0.2) is 49.7 Å². The van der Waals surface area contributed by atoms with Gasteiger partial charge in [0.1, 0.15) is 6.61 Å². The van der Waals surface area contributed by atoms with E-state index in [0.717, 1.165) is 25.9 Å². The Balaban J connectivity index is 1.91. The first-order chi connectivity index (χ1) is 8.61. The minimum atomic E-state index is -0.388. The van der Waals surface area contributed by atoms with Crippen molar-refractivity contribution >= 4 is 11.9 Å². The summed E-state index contributed by atoms with van der Waals surface area (Å²) in [5.41, 5.74) is 0.391. The molecule has 0 aromatic rings. The molecule has 0 bridgehead atoms. The molecule has 1 fully saturated rings. The zero-order chi connectivity index (χ0) is 13.4. The van der Waals surface area contributed by atoms with Crippen molar-refractivity contribution < 1.29 is 19.1 Å². The van der Waals surface area contributed by atoms with E-state index < -0.39 is 0 Å². The van der Waals surface area contributed by atoms with Crippen LogP contribution in [0.15, 0.2) is 12.2 Å². The van der Waals surface area contributed by atoms with Crippen molar-refractivity contribution in [2.24, 2.45) is 0 Å². The van der Waals surface area contributed by atoms with E-state index >= 15 is 0 Å². The molecule has 0 aliphatic carbocycles. The number of carbonyl (C=O) groups is 2. The molecule has 0 aromatic heterocycles. The van der Waals surface area contributed by atoms with Crippen LogP contribution in [0.1, 0.15) is 26.2 Å². The summed E-state index contributed by atoms with van der Waals surface area (Å²) in [5, 5.41) is 0. The second-order valence-electron chi connectivity index (χ2n) is 4.37. The van der Waals surface area contributed by atoms with Crippen molar-refractivity contribution in [1.29, 1.82) is 0 Å². The van der Waals surface area contributed by atoms with Gasteiger partial charge >= 0.3 is 5.97 Å². The van der Waals surface area contributed by atoms with E-state index in [4.69, 9.17) is 9.47 Å². The fourth-order valence-electron chi connectivity index (χ4n) is 1.72. The Hall–Kier alpha value is -1.36. The van der Waals surface area contributed by atoms with Crippen molar-refractivity contribution in [1.82, 2.24) is 4.90 Å². The first-order valence-corrected chi connectivity index (χ1v) is 6.29. The number of hydrogen-bond donors (Lipinski definition) is 0. The molecule has 0 N–H and O–H groups in total. The van der Waals surface area contributed by atoms with Gasteiger partial charge in [-0.3, -0.25) is 4.79 Å². The Morgan fingerprint density at radius 2 is 2.17 bits per heavy atom. The molecule has 1 saturated heterocycles. The van der Waals surface area contributed by atoms with E-state index in [0.29, 0.717) is 25.2 Å². The molecule has 0 radical (unpaired) electrons. The highest BCUT2D eigenvalue weighted by atomic mass is 16.6. The molecule has 5 nitrogen and oxygen atoms in total. The van der Waals surface area contributed by atoms with Gasteiger partial charge in [-0.15, -0.1) is 0 Å². The maximum atomic E-state index is 11.3. The standard InChI is InChI=1S/C13H21NO4/c1-11(2)13(16)18-10-9-17-8-4-7-14-6-3-5-12(14)15/h1,3-10H2,2H3. The van der Waals surface area contributed by atoms with Crippen molar-refractivity contribution in [2.45, 2.75) is 26.2 Å². The second kappa shape index (κ2) is 7.87. The number of carbonyl (C=O) groups excluding carboxylic acids is 2. The molecule has 1 aliphatic rings. The Kier molecular flexibility index (Phi) is 6.43. The second-order valence-corrected chi connectivity index (χ2v) is 4.37. The highest BCUT2D eigenvalue weighted by Crippen LogP contribution is 2.09. The maximum absolute atomic E-state index is 11.3. The highest BCUT2D eigenvalue weighted by molar-refractivity contribution is 5.86.